The van der Waals surface area contributed by atoms with Crippen LogP contribution in [0.1, 0.15) is 32.1 Å². The van der Waals surface area contributed by atoms with Crippen molar-refractivity contribution in [2.75, 3.05) is 26.3 Å². The van der Waals surface area contributed by atoms with Gasteiger partial charge in [-0.2, -0.15) is 0 Å². The molecule has 16 heavy (non-hydrogen) atoms. The number of halogens is 2. The normalized spacial score (nSPS) is 30.0. The van der Waals surface area contributed by atoms with E-state index < -0.39 is 17.8 Å². The van der Waals surface area contributed by atoms with Crippen molar-refractivity contribution in [2.45, 2.75) is 38.0 Å². The fourth-order valence-electron chi connectivity index (χ4n) is 2.82. The highest BCUT2D eigenvalue weighted by Gasteiger charge is 2.46. The van der Waals surface area contributed by atoms with Crippen molar-refractivity contribution in [2.24, 2.45) is 11.8 Å². The first-order valence-corrected chi connectivity index (χ1v) is 6.37. The summed E-state index contributed by atoms with van der Waals surface area (Å²) in [6.07, 6.45) is 3.21. The van der Waals surface area contributed by atoms with Gasteiger partial charge in [-0.05, 0) is 45.2 Å². The van der Waals surface area contributed by atoms with Crippen LogP contribution in [0.3, 0.4) is 0 Å². The highest BCUT2D eigenvalue weighted by atomic mass is 19.3. The molecule has 1 N–H and O–H groups in total. The lowest BCUT2D eigenvalue weighted by molar-refractivity contribution is -0.138. The number of rotatable bonds is 2. The molecule has 4 heteroatoms. The van der Waals surface area contributed by atoms with Crippen LogP contribution in [0, 0.1) is 11.8 Å². The van der Waals surface area contributed by atoms with E-state index in [1.165, 1.54) is 0 Å². The fourth-order valence-corrected chi connectivity index (χ4v) is 2.82. The number of ether oxygens (including phenoxy) is 1. The monoisotopic (exact) mass is 233 g/mol. The maximum atomic E-state index is 14.3. The van der Waals surface area contributed by atoms with Crippen LogP contribution < -0.4 is 5.32 Å². The molecule has 0 bridgehead atoms. The topological polar surface area (TPSA) is 21.3 Å². The van der Waals surface area contributed by atoms with E-state index in [2.05, 4.69) is 5.32 Å². The van der Waals surface area contributed by atoms with E-state index in [0.29, 0.717) is 38.9 Å². The van der Waals surface area contributed by atoms with Crippen LogP contribution in [0.25, 0.3) is 0 Å². The Hall–Kier alpha value is -0.220. The summed E-state index contributed by atoms with van der Waals surface area (Å²) in [4.78, 5) is 0. The molecule has 0 spiro atoms. The molecule has 0 aromatic carbocycles. The molecule has 0 amide bonds. The predicted octanol–water partition coefficient (Wildman–Crippen LogP) is 2.44. The average Bonchev–Trinajstić information content (AvgIpc) is 2.59. The first-order chi connectivity index (χ1) is 7.71. The largest absolute Gasteiger partial charge is 0.381 e. The Kier molecular flexibility index (Phi) is 4.14. The van der Waals surface area contributed by atoms with Crippen LogP contribution >= 0.6 is 0 Å². The first kappa shape index (κ1) is 12.2. The summed E-state index contributed by atoms with van der Waals surface area (Å²) in [5.41, 5.74) is 0. The molecule has 2 aliphatic heterocycles. The number of hydrogen-bond donors (Lipinski definition) is 1. The lowest BCUT2D eigenvalue weighted by Crippen LogP contribution is -2.40. The first-order valence-electron chi connectivity index (χ1n) is 6.37. The summed E-state index contributed by atoms with van der Waals surface area (Å²) >= 11 is 0. The van der Waals surface area contributed by atoms with Crippen molar-refractivity contribution in [3.8, 4) is 0 Å². The predicted molar refractivity (Wildman–Crippen MR) is 58.7 cm³/mol. The van der Waals surface area contributed by atoms with Gasteiger partial charge in [-0.15, -0.1) is 0 Å². The Morgan fingerprint density at radius 3 is 2.38 bits per heavy atom. The van der Waals surface area contributed by atoms with Crippen molar-refractivity contribution in [1.82, 2.24) is 5.32 Å². The molecule has 94 valence electrons. The van der Waals surface area contributed by atoms with Gasteiger partial charge < -0.3 is 10.1 Å². The molecule has 0 aromatic rings. The van der Waals surface area contributed by atoms with Gasteiger partial charge in [0.1, 0.15) is 0 Å². The molecular weight excluding hydrogens is 212 g/mol. The van der Waals surface area contributed by atoms with Crippen LogP contribution in [-0.4, -0.2) is 32.2 Å². The minimum Gasteiger partial charge on any atom is -0.381 e. The molecule has 2 saturated heterocycles. The minimum absolute atomic E-state index is 0.425. The Balaban J connectivity index is 1.97. The van der Waals surface area contributed by atoms with Crippen molar-refractivity contribution in [1.29, 1.82) is 0 Å². The molecule has 0 aliphatic carbocycles. The van der Waals surface area contributed by atoms with E-state index in [0.717, 1.165) is 19.5 Å². The zero-order valence-electron chi connectivity index (χ0n) is 9.68. The summed E-state index contributed by atoms with van der Waals surface area (Å²) in [5.74, 6) is -3.37. The van der Waals surface area contributed by atoms with E-state index in [1.54, 1.807) is 0 Å². The van der Waals surface area contributed by atoms with Crippen LogP contribution in [0.5, 0.6) is 0 Å². The Morgan fingerprint density at radius 1 is 0.938 bits per heavy atom. The van der Waals surface area contributed by atoms with Crippen LogP contribution in [0.15, 0.2) is 0 Å². The molecule has 2 heterocycles. The second-order valence-corrected chi connectivity index (χ2v) is 4.94. The van der Waals surface area contributed by atoms with Crippen molar-refractivity contribution >= 4 is 0 Å². The average molecular weight is 233 g/mol. The lowest BCUT2D eigenvalue weighted by atomic mass is 9.81. The number of hydrogen-bond acceptors (Lipinski definition) is 2. The second kappa shape index (κ2) is 5.41. The van der Waals surface area contributed by atoms with Gasteiger partial charge in [0.25, 0.3) is 5.92 Å². The Labute approximate surface area is 95.7 Å². The van der Waals surface area contributed by atoms with Crippen LogP contribution in [-0.2, 0) is 4.74 Å². The zero-order chi connectivity index (χ0) is 11.4. The van der Waals surface area contributed by atoms with Gasteiger partial charge in [0.15, 0.2) is 0 Å². The quantitative estimate of drug-likeness (QED) is 0.791. The zero-order valence-corrected chi connectivity index (χ0v) is 9.68. The standard InChI is InChI=1S/C12H21F2NO/c13-12(14,11-4-8-16-9-5-11)10-2-1-6-15-7-3-10/h10-11,15H,1-9H2. The highest BCUT2D eigenvalue weighted by molar-refractivity contribution is 4.87. The molecular formula is C12H21F2NO. The smallest absolute Gasteiger partial charge is 0.253 e. The van der Waals surface area contributed by atoms with Gasteiger partial charge in [0.05, 0.1) is 0 Å². The van der Waals surface area contributed by atoms with Crippen molar-refractivity contribution < 1.29 is 13.5 Å². The van der Waals surface area contributed by atoms with Gasteiger partial charge in [0.2, 0.25) is 0 Å². The highest BCUT2D eigenvalue weighted by Crippen LogP contribution is 2.42. The molecule has 0 saturated carbocycles. The van der Waals surface area contributed by atoms with Gasteiger partial charge >= 0.3 is 0 Å². The van der Waals surface area contributed by atoms with E-state index in [4.69, 9.17) is 4.74 Å². The van der Waals surface area contributed by atoms with Gasteiger partial charge in [-0.25, -0.2) is 8.78 Å². The molecule has 2 fully saturated rings. The van der Waals surface area contributed by atoms with Crippen LogP contribution in [0.4, 0.5) is 8.78 Å². The maximum absolute atomic E-state index is 14.3. The summed E-state index contributed by atoms with van der Waals surface area (Å²) in [6, 6.07) is 0. The molecule has 0 aromatic heterocycles. The Bertz CT molecular complexity index is 209. The number of alkyl halides is 2. The SMILES string of the molecule is FC(F)(C1CCCNCC1)C1CCOCC1. The third-order valence-electron chi connectivity index (χ3n) is 3.89. The molecule has 1 unspecified atom stereocenters. The summed E-state index contributed by atoms with van der Waals surface area (Å²) in [5, 5.41) is 3.19. The summed E-state index contributed by atoms with van der Waals surface area (Å²) < 4.78 is 33.7. The van der Waals surface area contributed by atoms with Gasteiger partial charge in [-0.3, -0.25) is 0 Å². The Morgan fingerprint density at radius 2 is 1.62 bits per heavy atom. The molecule has 0 radical (unpaired) electrons. The van der Waals surface area contributed by atoms with E-state index in [1.807, 2.05) is 0 Å². The van der Waals surface area contributed by atoms with Gasteiger partial charge in [-0.1, -0.05) is 0 Å². The molecule has 1 atom stereocenters. The summed E-state index contributed by atoms with van der Waals surface area (Å²) in [7, 11) is 0. The third-order valence-corrected chi connectivity index (χ3v) is 3.89. The third kappa shape index (κ3) is 2.72. The molecule has 2 rings (SSSR count). The lowest BCUT2D eigenvalue weighted by Gasteiger charge is -2.35. The fraction of sp³-hybridized carbons (Fsp3) is 1.00. The van der Waals surface area contributed by atoms with E-state index in [-0.39, 0.29) is 0 Å². The molecule has 2 aliphatic rings. The second-order valence-electron chi connectivity index (χ2n) is 4.94. The maximum Gasteiger partial charge on any atom is 0.253 e. The van der Waals surface area contributed by atoms with Crippen molar-refractivity contribution in [3.63, 3.8) is 0 Å². The minimum atomic E-state index is -2.49. The van der Waals surface area contributed by atoms with Crippen molar-refractivity contribution in [3.05, 3.63) is 0 Å². The number of nitrogens with one attached hydrogen (secondary N) is 1. The molecule has 2 nitrogen and oxygen atoms in total. The van der Waals surface area contributed by atoms with E-state index in [9.17, 15) is 8.78 Å². The summed E-state index contributed by atoms with van der Waals surface area (Å²) in [6.45, 7) is 2.64. The van der Waals surface area contributed by atoms with Gasteiger partial charge in [0, 0.05) is 25.0 Å². The van der Waals surface area contributed by atoms with Crippen LogP contribution in [0.2, 0.25) is 0 Å². The van der Waals surface area contributed by atoms with E-state index >= 15 is 0 Å².